The average Bonchev–Trinajstić information content (AvgIpc) is 2.66. The molecule has 1 aliphatic rings. The third-order valence-electron chi connectivity index (χ3n) is 4.29. The summed E-state index contributed by atoms with van der Waals surface area (Å²) in [6, 6.07) is 10.5. The van der Waals surface area contributed by atoms with Crippen molar-refractivity contribution in [3.05, 3.63) is 30.3 Å². The summed E-state index contributed by atoms with van der Waals surface area (Å²) in [7, 11) is 2.13. The zero-order valence-electron chi connectivity index (χ0n) is 16.1. The molecule has 0 spiro atoms. The van der Waals surface area contributed by atoms with E-state index in [9.17, 15) is 0 Å². The highest BCUT2D eigenvalue weighted by Gasteiger charge is 2.09. The zero-order chi connectivity index (χ0) is 17.7. The van der Waals surface area contributed by atoms with Crippen LogP contribution in [-0.2, 0) is 4.74 Å². The van der Waals surface area contributed by atoms with Gasteiger partial charge in [-0.3, -0.25) is 9.89 Å². The van der Waals surface area contributed by atoms with Crippen LogP contribution in [0.3, 0.4) is 0 Å². The standard InChI is InChI=1S/C19H33N5O.HI/c1-3-20-19(22-11-13-24-14-16-25-17-15-24)21-10-7-12-23(2)18-8-5-4-6-9-18;/h4-6,8-9H,3,7,10-17H2,1-2H3,(H2,20,21,22);1H. The molecule has 0 aliphatic carbocycles. The van der Waals surface area contributed by atoms with Crippen molar-refractivity contribution in [3.8, 4) is 0 Å². The highest BCUT2D eigenvalue weighted by Crippen LogP contribution is 2.10. The summed E-state index contributed by atoms with van der Waals surface area (Å²) in [6.45, 7) is 10.5. The number of benzene rings is 1. The van der Waals surface area contributed by atoms with Gasteiger partial charge < -0.3 is 20.3 Å². The number of guanidine groups is 1. The van der Waals surface area contributed by atoms with E-state index in [-0.39, 0.29) is 24.0 Å². The minimum Gasteiger partial charge on any atom is -0.379 e. The molecule has 26 heavy (non-hydrogen) atoms. The Kier molecular flexibility index (Phi) is 12.4. The fraction of sp³-hybridized carbons (Fsp3) is 0.632. The Hall–Kier alpha value is -1.06. The topological polar surface area (TPSA) is 52.1 Å². The fourth-order valence-corrected chi connectivity index (χ4v) is 2.81. The van der Waals surface area contributed by atoms with Crippen LogP contribution in [0, 0.1) is 0 Å². The van der Waals surface area contributed by atoms with Crippen LogP contribution in [0.4, 0.5) is 5.69 Å². The van der Waals surface area contributed by atoms with Gasteiger partial charge in [0.25, 0.3) is 0 Å². The Bertz CT molecular complexity index is 494. The van der Waals surface area contributed by atoms with E-state index >= 15 is 0 Å². The van der Waals surface area contributed by atoms with Gasteiger partial charge in [-0.25, -0.2) is 0 Å². The normalized spacial score (nSPS) is 15.2. The minimum atomic E-state index is 0. The molecule has 2 rings (SSSR count). The van der Waals surface area contributed by atoms with Crippen molar-refractivity contribution in [1.82, 2.24) is 15.5 Å². The lowest BCUT2D eigenvalue weighted by atomic mass is 10.3. The highest BCUT2D eigenvalue weighted by molar-refractivity contribution is 14.0. The molecule has 1 heterocycles. The first-order valence-corrected chi connectivity index (χ1v) is 9.38. The summed E-state index contributed by atoms with van der Waals surface area (Å²) in [5.41, 5.74) is 1.25. The molecule has 7 heteroatoms. The fourth-order valence-electron chi connectivity index (χ4n) is 2.81. The molecule has 0 bridgehead atoms. The van der Waals surface area contributed by atoms with Crippen LogP contribution < -0.4 is 15.5 Å². The van der Waals surface area contributed by atoms with Crippen LogP contribution in [0.15, 0.2) is 35.3 Å². The summed E-state index contributed by atoms with van der Waals surface area (Å²) >= 11 is 0. The zero-order valence-corrected chi connectivity index (χ0v) is 18.4. The number of halogens is 1. The lowest BCUT2D eigenvalue weighted by Crippen LogP contribution is -2.44. The van der Waals surface area contributed by atoms with E-state index in [1.54, 1.807) is 0 Å². The quantitative estimate of drug-likeness (QED) is 0.248. The Morgan fingerprint density at radius 1 is 1.19 bits per heavy atom. The van der Waals surface area contributed by atoms with Crippen LogP contribution in [0.5, 0.6) is 0 Å². The van der Waals surface area contributed by atoms with Gasteiger partial charge in [0.15, 0.2) is 5.96 Å². The molecule has 0 aromatic heterocycles. The van der Waals surface area contributed by atoms with E-state index < -0.39 is 0 Å². The van der Waals surface area contributed by atoms with E-state index in [1.807, 2.05) is 6.07 Å². The Morgan fingerprint density at radius 2 is 1.92 bits per heavy atom. The van der Waals surface area contributed by atoms with Gasteiger partial charge in [-0.15, -0.1) is 24.0 Å². The number of nitrogens with one attached hydrogen (secondary N) is 2. The van der Waals surface area contributed by atoms with Gasteiger partial charge >= 0.3 is 0 Å². The second-order valence-electron chi connectivity index (χ2n) is 6.25. The van der Waals surface area contributed by atoms with Crippen molar-refractivity contribution in [2.75, 3.05) is 71.0 Å². The van der Waals surface area contributed by atoms with E-state index in [0.717, 1.165) is 71.4 Å². The van der Waals surface area contributed by atoms with Crippen LogP contribution in [0.25, 0.3) is 0 Å². The number of para-hydroxylation sites is 1. The molecular weight excluding hydrogens is 441 g/mol. The first kappa shape index (κ1) is 23.0. The lowest BCUT2D eigenvalue weighted by Gasteiger charge is -2.26. The summed E-state index contributed by atoms with van der Waals surface area (Å²) in [5, 5.41) is 6.75. The molecule has 1 saturated heterocycles. The van der Waals surface area contributed by atoms with Gasteiger partial charge in [-0.2, -0.15) is 0 Å². The van der Waals surface area contributed by atoms with Gasteiger partial charge in [0, 0.05) is 58.5 Å². The Balaban J connectivity index is 0.00000338. The maximum absolute atomic E-state index is 5.38. The molecule has 1 aromatic rings. The van der Waals surface area contributed by atoms with Gasteiger partial charge in [0.05, 0.1) is 13.2 Å². The molecule has 0 saturated carbocycles. The maximum atomic E-state index is 5.38. The summed E-state index contributed by atoms with van der Waals surface area (Å²) in [5.74, 6) is 0.915. The van der Waals surface area contributed by atoms with Gasteiger partial charge in [0.2, 0.25) is 0 Å². The largest absolute Gasteiger partial charge is 0.379 e. The second kappa shape index (κ2) is 14.1. The van der Waals surface area contributed by atoms with Crippen molar-refractivity contribution < 1.29 is 4.74 Å². The number of rotatable bonds is 9. The van der Waals surface area contributed by atoms with Crippen LogP contribution in [0.2, 0.25) is 0 Å². The van der Waals surface area contributed by atoms with Crippen molar-refractivity contribution in [2.45, 2.75) is 13.3 Å². The smallest absolute Gasteiger partial charge is 0.191 e. The molecule has 148 valence electrons. The van der Waals surface area contributed by atoms with Gasteiger partial charge in [-0.1, -0.05) is 18.2 Å². The van der Waals surface area contributed by atoms with Crippen molar-refractivity contribution in [1.29, 1.82) is 0 Å². The molecule has 0 radical (unpaired) electrons. The van der Waals surface area contributed by atoms with Gasteiger partial charge in [0.1, 0.15) is 0 Å². The molecule has 0 atom stereocenters. The number of ether oxygens (including phenoxy) is 1. The molecule has 0 amide bonds. The summed E-state index contributed by atoms with van der Waals surface area (Å²) in [4.78, 5) is 9.38. The van der Waals surface area contributed by atoms with Crippen LogP contribution >= 0.6 is 24.0 Å². The van der Waals surface area contributed by atoms with Crippen LogP contribution in [-0.4, -0.2) is 76.9 Å². The predicted molar refractivity (Wildman–Crippen MR) is 121 cm³/mol. The number of anilines is 1. The molecule has 1 fully saturated rings. The molecule has 1 aliphatic heterocycles. The van der Waals surface area contributed by atoms with Crippen molar-refractivity contribution in [3.63, 3.8) is 0 Å². The Labute approximate surface area is 175 Å². The van der Waals surface area contributed by atoms with E-state index in [0.29, 0.717) is 0 Å². The SMILES string of the molecule is CCNC(=NCCCN(C)c1ccccc1)NCCN1CCOCC1.I. The first-order valence-electron chi connectivity index (χ1n) is 9.38. The molecule has 1 aromatic carbocycles. The monoisotopic (exact) mass is 475 g/mol. The third-order valence-corrected chi connectivity index (χ3v) is 4.29. The maximum Gasteiger partial charge on any atom is 0.191 e. The van der Waals surface area contributed by atoms with E-state index in [1.165, 1.54) is 5.69 Å². The minimum absolute atomic E-state index is 0. The van der Waals surface area contributed by atoms with E-state index in [2.05, 4.69) is 63.7 Å². The number of nitrogens with zero attached hydrogens (tertiary/aromatic N) is 3. The molecule has 2 N–H and O–H groups in total. The number of morpholine rings is 1. The number of hydrogen-bond acceptors (Lipinski definition) is 4. The van der Waals surface area contributed by atoms with Crippen LogP contribution in [0.1, 0.15) is 13.3 Å². The van der Waals surface area contributed by atoms with Crippen molar-refractivity contribution in [2.24, 2.45) is 4.99 Å². The highest BCUT2D eigenvalue weighted by atomic mass is 127. The van der Waals surface area contributed by atoms with Crippen molar-refractivity contribution >= 4 is 35.6 Å². The summed E-state index contributed by atoms with van der Waals surface area (Å²) in [6.07, 6.45) is 1.03. The van der Waals surface area contributed by atoms with E-state index in [4.69, 9.17) is 4.74 Å². The second-order valence-corrected chi connectivity index (χ2v) is 6.25. The molecular formula is C19H34IN5O. The third kappa shape index (κ3) is 9.05. The first-order chi connectivity index (χ1) is 12.3. The Morgan fingerprint density at radius 3 is 2.62 bits per heavy atom. The summed E-state index contributed by atoms with van der Waals surface area (Å²) < 4.78 is 5.38. The van der Waals surface area contributed by atoms with Gasteiger partial charge in [-0.05, 0) is 25.5 Å². The predicted octanol–water partition coefficient (Wildman–Crippen LogP) is 2.02. The molecule has 6 nitrogen and oxygen atoms in total. The number of hydrogen-bond donors (Lipinski definition) is 2. The average molecular weight is 475 g/mol. The number of aliphatic imine (C=N–C) groups is 1. The molecule has 0 unspecified atom stereocenters. The lowest BCUT2D eigenvalue weighted by molar-refractivity contribution is 0.0389.